The number of halogens is 1. The molecule has 0 saturated carbocycles. The summed E-state index contributed by atoms with van der Waals surface area (Å²) in [5, 5.41) is 20.1. The Kier molecular flexibility index (Phi) is 4.41. The number of carbonyl (C=O) groups excluding carboxylic acids is 2. The predicted octanol–water partition coefficient (Wildman–Crippen LogP) is -0.410. The number of rotatable bonds is 5. The van der Waals surface area contributed by atoms with Gasteiger partial charge < -0.3 is 21.3 Å². The van der Waals surface area contributed by atoms with E-state index >= 15 is 0 Å². The SMILES string of the molecule is NC(=O)C[C@@H](NC(=O)c1ccc(F)cc1O)C(=O)O. The van der Waals surface area contributed by atoms with E-state index in [1.807, 2.05) is 5.32 Å². The monoisotopic (exact) mass is 270 g/mol. The van der Waals surface area contributed by atoms with Crippen molar-refractivity contribution in [2.24, 2.45) is 5.73 Å². The van der Waals surface area contributed by atoms with Crippen LogP contribution in [0.5, 0.6) is 5.75 Å². The normalized spacial score (nSPS) is 11.6. The number of amides is 2. The predicted molar refractivity (Wildman–Crippen MR) is 60.8 cm³/mol. The lowest BCUT2D eigenvalue weighted by molar-refractivity contribution is -0.140. The molecule has 0 unspecified atom stereocenters. The van der Waals surface area contributed by atoms with Crippen molar-refractivity contribution >= 4 is 17.8 Å². The molecule has 8 heteroatoms. The fourth-order valence-corrected chi connectivity index (χ4v) is 1.33. The fourth-order valence-electron chi connectivity index (χ4n) is 1.33. The molecule has 2 amide bonds. The lowest BCUT2D eigenvalue weighted by Gasteiger charge is -2.13. The topological polar surface area (TPSA) is 130 Å². The van der Waals surface area contributed by atoms with Gasteiger partial charge in [0.15, 0.2) is 0 Å². The van der Waals surface area contributed by atoms with E-state index in [1.165, 1.54) is 0 Å². The number of nitrogens with two attached hydrogens (primary N) is 1. The highest BCUT2D eigenvalue weighted by Gasteiger charge is 2.23. The van der Waals surface area contributed by atoms with Gasteiger partial charge in [0.25, 0.3) is 5.91 Å². The molecular weight excluding hydrogens is 259 g/mol. The Balaban J connectivity index is 2.87. The van der Waals surface area contributed by atoms with Crippen LogP contribution in [0.3, 0.4) is 0 Å². The quantitative estimate of drug-likeness (QED) is 0.578. The molecule has 1 aromatic rings. The number of phenolic OH excluding ortho intramolecular Hbond substituents is 1. The number of primary amides is 1. The van der Waals surface area contributed by atoms with E-state index in [1.54, 1.807) is 0 Å². The van der Waals surface area contributed by atoms with Crippen molar-refractivity contribution in [1.82, 2.24) is 5.32 Å². The average Bonchev–Trinajstić information content (AvgIpc) is 2.26. The number of nitrogens with one attached hydrogen (secondary N) is 1. The number of carbonyl (C=O) groups is 3. The molecule has 0 fully saturated rings. The molecule has 0 radical (unpaired) electrons. The van der Waals surface area contributed by atoms with E-state index in [4.69, 9.17) is 10.8 Å². The zero-order chi connectivity index (χ0) is 14.6. The number of benzene rings is 1. The number of hydrogen-bond acceptors (Lipinski definition) is 4. The number of aromatic hydroxyl groups is 1. The summed E-state index contributed by atoms with van der Waals surface area (Å²) in [4.78, 5) is 33.1. The maximum absolute atomic E-state index is 12.7. The van der Waals surface area contributed by atoms with Gasteiger partial charge in [0.05, 0.1) is 12.0 Å². The summed E-state index contributed by atoms with van der Waals surface area (Å²) in [5.41, 5.74) is 4.53. The number of aliphatic carboxylic acids is 1. The minimum atomic E-state index is -1.52. The average molecular weight is 270 g/mol. The second kappa shape index (κ2) is 5.80. The molecule has 0 saturated heterocycles. The summed E-state index contributed by atoms with van der Waals surface area (Å²) in [6.07, 6.45) is -0.594. The molecule has 1 atom stereocenters. The van der Waals surface area contributed by atoms with E-state index in [2.05, 4.69) is 0 Å². The third-order valence-electron chi connectivity index (χ3n) is 2.21. The molecule has 102 valence electrons. The van der Waals surface area contributed by atoms with E-state index in [0.29, 0.717) is 6.07 Å². The molecule has 1 rings (SSSR count). The van der Waals surface area contributed by atoms with Gasteiger partial charge in [-0.1, -0.05) is 0 Å². The van der Waals surface area contributed by atoms with E-state index in [0.717, 1.165) is 12.1 Å². The van der Waals surface area contributed by atoms with Crippen LogP contribution in [0.15, 0.2) is 18.2 Å². The van der Waals surface area contributed by atoms with Gasteiger partial charge in [-0.2, -0.15) is 0 Å². The van der Waals surface area contributed by atoms with Gasteiger partial charge >= 0.3 is 5.97 Å². The van der Waals surface area contributed by atoms with Crippen LogP contribution in [0.2, 0.25) is 0 Å². The van der Waals surface area contributed by atoms with Crippen molar-refractivity contribution in [3.8, 4) is 5.75 Å². The molecule has 0 bridgehead atoms. The zero-order valence-corrected chi connectivity index (χ0v) is 9.59. The van der Waals surface area contributed by atoms with Gasteiger partial charge in [0.1, 0.15) is 17.6 Å². The lowest BCUT2D eigenvalue weighted by Crippen LogP contribution is -2.43. The summed E-state index contributed by atoms with van der Waals surface area (Å²) >= 11 is 0. The Morgan fingerprint density at radius 1 is 1.37 bits per heavy atom. The standard InChI is InChI=1S/C11H11FN2O5/c12-5-1-2-6(8(15)3-5)10(17)14-7(11(18)19)4-9(13)16/h1-3,7,15H,4H2,(H2,13,16)(H,14,17)(H,18,19)/t7-/m1/s1. The van der Waals surface area contributed by atoms with Gasteiger partial charge in [0, 0.05) is 6.07 Å². The van der Waals surface area contributed by atoms with Crippen LogP contribution in [-0.2, 0) is 9.59 Å². The van der Waals surface area contributed by atoms with E-state index in [-0.39, 0.29) is 5.56 Å². The van der Waals surface area contributed by atoms with Crippen molar-refractivity contribution < 1.29 is 29.0 Å². The summed E-state index contributed by atoms with van der Waals surface area (Å²) in [7, 11) is 0. The maximum atomic E-state index is 12.7. The van der Waals surface area contributed by atoms with Crippen molar-refractivity contribution in [2.45, 2.75) is 12.5 Å². The van der Waals surface area contributed by atoms with Crippen LogP contribution in [0.25, 0.3) is 0 Å². The van der Waals surface area contributed by atoms with Gasteiger partial charge in [-0.15, -0.1) is 0 Å². The maximum Gasteiger partial charge on any atom is 0.326 e. The minimum absolute atomic E-state index is 0.308. The third kappa shape index (κ3) is 3.95. The highest BCUT2D eigenvalue weighted by Crippen LogP contribution is 2.18. The summed E-state index contributed by atoms with van der Waals surface area (Å²) in [5.74, 6) is -4.70. The molecule has 0 heterocycles. The smallest absolute Gasteiger partial charge is 0.326 e. The molecule has 0 spiro atoms. The number of carboxylic acid groups (broad SMARTS) is 1. The first kappa shape index (κ1) is 14.4. The molecule has 1 aromatic carbocycles. The molecule has 0 aliphatic carbocycles. The molecule has 0 aliphatic rings. The second-order valence-electron chi connectivity index (χ2n) is 3.70. The number of carboxylic acids is 1. The van der Waals surface area contributed by atoms with Crippen molar-refractivity contribution in [3.63, 3.8) is 0 Å². The molecule has 7 nitrogen and oxygen atoms in total. The molecular formula is C11H11FN2O5. The summed E-state index contributed by atoms with van der Waals surface area (Å²) < 4.78 is 12.7. The van der Waals surface area contributed by atoms with Crippen molar-refractivity contribution in [3.05, 3.63) is 29.6 Å². The fraction of sp³-hybridized carbons (Fsp3) is 0.182. The molecule has 5 N–H and O–H groups in total. The number of phenols is 1. The number of hydrogen-bond donors (Lipinski definition) is 4. The first-order valence-electron chi connectivity index (χ1n) is 5.11. The summed E-state index contributed by atoms with van der Waals surface area (Å²) in [6, 6.07) is 1.11. The van der Waals surface area contributed by atoms with Crippen molar-refractivity contribution in [1.29, 1.82) is 0 Å². The Labute approximate surface area is 106 Å². The Morgan fingerprint density at radius 3 is 2.47 bits per heavy atom. The first-order valence-corrected chi connectivity index (χ1v) is 5.11. The van der Waals surface area contributed by atoms with Gasteiger partial charge in [0.2, 0.25) is 5.91 Å². The van der Waals surface area contributed by atoms with Gasteiger partial charge in [-0.3, -0.25) is 9.59 Å². The van der Waals surface area contributed by atoms with Crippen LogP contribution in [0.4, 0.5) is 4.39 Å². The molecule has 0 aliphatic heterocycles. The first-order chi connectivity index (χ1) is 8.81. The largest absolute Gasteiger partial charge is 0.507 e. The highest BCUT2D eigenvalue weighted by molar-refractivity contribution is 5.99. The lowest BCUT2D eigenvalue weighted by atomic mass is 10.1. The van der Waals surface area contributed by atoms with Crippen LogP contribution in [0.1, 0.15) is 16.8 Å². The third-order valence-corrected chi connectivity index (χ3v) is 2.21. The van der Waals surface area contributed by atoms with Crippen molar-refractivity contribution in [2.75, 3.05) is 0 Å². The zero-order valence-electron chi connectivity index (χ0n) is 9.59. The molecule has 0 aromatic heterocycles. The Hall–Kier alpha value is -2.64. The van der Waals surface area contributed by atoms with Crippen LogP contribution in [0, 0.1) is 5.82 Å². The van der Waals surface area contributed by atoms with Crippen LogP contribution in [-0.4, -0.2) is 34.0 Å². The van der Waals surface area contributed by atoms with Gasteiger partial charge in [-0.25, -0.2) is 9.18 Å². The molecule has 19 heavy (non-hydrogen) atoms. The van der Waals surface area contributed by atoms with E-state index in [9.17, 15) is 23.9 Å². The highest BCUT2D eigenvalue weighted by atomic mass is 19.1. The Morgan fingerprint density at radius 2 is 2.00 bits per heavy atom. The van der Waals surface area contributed by atoms with Gasteiger partial charge in [-0.05, 0) is 12.1 Å². The van der Waals surface area contributed by atoms with Crippen LogP contribution < -0.4 is 11.1 Å². The Bertz CT molecular complexity index is 532. The van der Waals surface area contributed by atoms with E-state index < -0.39 is 41.8 Å². The van der Waals surface area contributed by atoms with Crippen LogP contribution >= 0.6 is 0 Å². The second-order valence-corrected chi connectivity index (χ2v) is 3.70. The minimum Gasteiger partial charge on any atom is -0.507 e. The summed E-state index contributed by atoms with van der Waals surface area (Å²) in [6.45, 7) is 0.